The molecule has 1 unspecified atom stereocenters. The molecule has 0 heterocycles. The van der Waals surface area contributed by atoms with Crippen molar-refractivity contribution in [2.45, 2.75) is 32.2 Å². The summed E-state index contributed by atoms with van der Waals surface area (Å²) in [4.78, 5) is 0. The summed E-state index contributed by atoms with van der Waals surface area (Å²) in [5.74, 6) is 0. The fourth-order valence-electron chi connectivity index (χ4n) is 2.13. The zero-order valence-corrected chi connectivity index (χ0v) is 12.1. The van der Waals surface area contributed by atoms with Gasteiger partial charge in [-0.1, -0.05) is 36.2 Å². The van der Waals surface area contributed by atoms with Crippen LogP contribution in [0.5, 0.6) is 0 Å². The van der Waals surface area contributed by atoms with Crippen molar-refractivity contribution in [3.05, 3.63) is 33.8 Å². The first-order chi connectivity index (χ1) is 8.60. The van der Waals surface area contributed by atoms with Gasteiger partial charge in [-0.25, -0.2) is 0 Å². The quantitative estimate of drug-likeness (QED) is 0.834. The fourth-order valence-corrected chi connectivity index (χ4v) is 2.44. The first kappa shape index (κ1) is 14.1. The summed E-state index contributed by atoms with van der Waals surface area (Å²) >= 11 is 12.0. The minimum absolute atomic E-state index is 0.129. The Morgan fingerprint density at radius 2 is 2.06 bits per heavy atom. The maximum atomic E-state index is 9.31. The van der Waals surface area contributed by atoms with E-state index >= 15 is 0 Å². The lowest BCUT2D eigenvalue weighted by molar-refractivity contribution is 0.203. The topological polar surface area (TPSA) is 32.3 Å². The van der Waals surface area contributed by atoms with Gasteiger partial charge in [-0.2, -0.15) is 0 Å². The van der Waals surface area contributed by atoms with Crippen molar-refractivity contribution in [1.29, 1.82) is 0 Å². The molecule has 0 radical (unpaired) electrons. The van der Waals surface area contributed by atoms with E-state index in [0.29, 0.717) is 10.0 Å². The van der Waals surface area contributed by atoms with Crippen LogP contribution >= 0.6 is 23.2 Å². The molecule has 1 aliphatic rings. The Labute approximate surface area is 118 Å². The Morgan fingerprint density at radius 3 is 2.56 bits per heavy atom. The van der Waals surface area contributed by atoms with E-state index in [1.54, 1.807) is 0 Å². The van der Waals surface area contributed by atoms with Crippen molar-refractivity contribution in [2.75, 3.05) is 13.2 Å². The van der Waals surface area contributed by atoms with Crippen molar-refractivity contribution in [2.24, 2.45) is 5.41 Å². The van der Waals surface area contributed by atoms with Crippen LogP contribution in [0, 0.1) is 5.41 Å². The van der Waals surface area contributed by atoms with Gasteiger partial charge in [0, 0.05) is 24.6 Å². The molecule has 2 N–H and O–H groups in total. The molecule has 0 aliphatic heterocycles. The molecule has 0 saturated heterocycles. The van der Waals surface area contributed by atoms with Crippen LogP contribution in [0.15, 0.2) is 18.2 Å². The number of nitrogens with one attached hydrogen (secondary N) is 1. The summed E-state index contributed by atoms with van der Waals surface area (Å²) in [6.07, 6.45) is 3.22. The second-order valence-electron chi connectivity index (χ2n) is 5.17. The predicted octanol–water partition coefficient (Wildman–Crippen LogP) is 3.81. The van der Waals surface area contributed by atoms with E-state index in [4.69, 9.17) is 23.2 Å². The van der Waals surface area contributed by atoms with Crippen LogP contribution in [0.4, 0.5) is 0 Å². The van der Waals surface area contributed by atoms with Crippen LogP contribution < -0.4 is 5.32 Å². The molecule has 1 fully saturated rings. The highest BCUT2D eigenvalue weighted by atomic mass is 35.5. The average molecular weight is 288 g/mol. The second-order valence-corrected chi connectivity index (χ2v) is 5.99. The van der Waals surface area contributed by atoms with Gasteiger partial charge >= 0.3 is 0 Å². The van der Waals surface area contributed by atoms with Crippen LogP contribution in [0.3, 0.4) is 0 Å². The molecule has 0 spiro atoms. The molecular formula is C14H19Cl2NO. The second kappa shape index (κ2) is 5.79. The summed E-state index contributed by atoms with van der Waals surface area (Å²) < 4.78 is 0. The summed E-state index contributed by atoms with van der Waals surface area (Å²) in [7, 11) is 0. The molecule has 2 nitrogen and oxygen atoms in total. The van der Waals surface area contributed by atoms with Crippen molar-refractivity contribution >= 4 is 23.2 Å². The number of hydrogen-bond acceptors (Lipinski definition) is 2. The van der Waals surface area contributed by atoms with Crippen LogP contribution in [-0.2, 0) is 0 Å². The van der Waals surface area contributed by atoms with Gasteiger partial charge in [0.05, 0.1) is 10.0 Å². The third kappa shape index (κ3) is 3.18. The normalized spacial score (nSPS) is 18.7. The number of hydrogen-bond donors (Lipinski definition) is 2. The van der Waals surface area contributed by atoms with Gasteiger partial charge in [0.15, 0.2) is 0 Å². The van der Waals surface area contributed by atoms with Crippen molar-refractivity contribution in [3.8, 4) is 0 Å². The molecule has 1 saturated carbocycles. The van der Waals surface area contributed by atoms with Gasteiger partial charge in [-0.3, -0.25) is 0 Å². The number of aliphatic hydroxyl groups excluding tert-OH is 1. The third-order valence-corrected chi connectivity index (χ3v) is 4.51. The minimum atomic E-state index is 0.129. The van der Waals surface area contributed by atoms with Gasteiger partial charge in [0.1, 0.15) is 0 Å². The molecule has 2 rings (SSSR count). The lowest BCUT2D eigenvalue weighted by Crippen LogP contribution is -2.29. The van der Waals surface area contributed by atoms with Gasteiger partial charge in [0.25, 0.3) is 0 Å². The standard InChI is InChI=1S/C14H19Cl2NO/c1-2-13(17-8-14(9-18)5-6-14)10-3-4-11(15)12(16)7-10/h3-4,7,13,17-18H,2,5-6,8-9H2,1H3. The Hall–Kier alpha value is -0.280. The van der Waals surface area contributed by atoms with E-state index in [-0.39, 0.29) is 18.1 Å². The average Bonchev–Trinajstić information content (AvgIpc) is 3.15. The Morgan fingerprint density at radius 1 is 1.33 bits per heavy atom. The van der Waals surface area contributed by atoms with Crippen LogP contribution in [-0.4, -0.2) is 18.3 Å². The Kier molecular flexibility index (Phi) is 4.54. The molecule has 1 aromatic rings. The van der Waals surface area contributed by atoms with Gasteiger partial charge in [-0.05, 0) is 37.0 Å². The molecule has 0 aromatic heterocycles. The maximum absolute atomic E-state index is 9.31. The van der Waals surface area contributed by atoms with Crippen LogP contribution in [0.2, 0.25) is 10.0 Å². The maximum Gasteiger partial charge on any atom is 0.0595 e. The SMILES string of the molecule is CCC(NCC1(CO)CC1)c1ccc(Cl)c(Cl)c1. The van der Waals surface area contributed by atoms with Crippen molar-refractivity contribution in [3.63, 3.8) is 0 Å². The zero-order valence-electron chi connectivity index (χ0n) is 10.5. The molecule has 1 aliphatic carbocycles. The number of rotatable bonds is 6. The molecular weight excluding hydrogens is 269 g/mol. The summed E-state index contributed by atoms with van der Waals surface area (Å²) in [5.41, 5.74) is 1.28. The monoisotopic (exact) mass is 287 g/mol. The minimum Gasteiger partial charge on any atom is -0.396 e. The molecule has 100 valence electrons. The summed E-state index contributed by atoms with van der Waals surface area (Å²) in [6, 6.07) is 6.03. The van der Waals surface area contributed by atoms with E-state index in [1.807, 2.05) is 18.2 Å². The largest absolute Gasteiger partial charge is 0.396 e. The van der Waals surface area contributed by atoms with E-state index in [9.17, 15) is 5.11 Å². The Bertz CT molecular complexity index is 418. The molecule has 4 heteroatoms. The Balaban J connectivity index is 2.01. The molecule has 18 heavy (non-hydrogen) atoms. The highest BCUT2D eigenvalue weighted by Gasteiger charge is 2.41. The lowest BCUT2D eigenvalue weighted by atomic mass is 10.0. The highest BCUT2D eigenvalue weighted by Crippen LogP contribution is 2.44. The lowest BCUT2D eigenvalue weighted by Gasteiger charge is -2.21. The van der Waals surface area contributed by atoms with E-state index in [1.165, 1.54) is 0 Å². The van der Waals surface area contributed by atoms with Gasteiger partial charge < -0.3 is 10.4 Å². The molecule has 0 amide bonds. The number of halogens is 2. The smallest absolute Gasteiger partial charge is 0.0595 e. The third-order valence-electron chi connectivity index (χ3n) is 3.77. The summed E-state index contributed by atoms with van der Waals surface area (Å²) in [6.45, 7) is 3.28. The van der Waals surface area contributed by atoms with Crippen LogP contribution in [0.25, 0.3) is 0 Å². The molecule has 1 atom stereocenters. The van der Waals surface area contributed by atoms with E-state index in [0.717, 1.165) is 31.4 Å². The number of aliphatic hydroxyl groups is 1. The fraction of sp³-hybridized carbons (Fsp3) is 0.571. The molecule has 0 bridgehead atoms. The number of benzene rings is 1. The first-order valence-electron chi connectivity index (χ1n) is 6.39. The van der Waals surface area contributed by atoms with Gasteiger partial charge in [0.2, 0.25) is 0 Å². The first-order valence-corrected chi connectivity index (χ1v) is 7.15. The zero-order chi connectivity index (χ0) is 13.2. The van der Waals surface area contributed by atoms with E-state index in [2.05, 4.69) is 12.2 Å². The molecule has 1 aromatic carbocycles. The van der Waals surface area contributed by atoms with Crippen molar-refractivity contribution < 1.29 is 5.11 Å². The van der Waals surface area contributed by atoms with Crippen molar-refractivity contribution in [1.82, 2.24) is 5.32 Å². The predicted molar refractivity (Wildman–Crippen MR) is 76.2 cm³/mol. The summed E-state index contributed by atoms with van der Waals surface area (Å²) in [5, 5.41) is 14.0. The highest BCUT2D eigenvalue weighted by molar-refractivity contribution is 6.42. The van der Waals surface area contributed by atoms with Crippen LogP contribution in [0.1, 0.15) is 37.8 Å². The van der Waals surface area contributed by atoms with E-state index < -0.39 is 0 Å². The van der Waals surface area contributed by atoms with Gasteiger partial charge in [-0.15, -0.1) is 0 Å².